The highest BCUT2D eigenvalue weighted by molar-refractivity contribution is 6.00. The Morgan fingerprint density at radius 2 is 1.95 bits per heavy atom. The van der Waals surface area contributed by atoms with Crippen LogP contribution in [0.2, 0.25) is 0 Å². The monoisotopic (exact) mass is 295 g/mol. The lowest BCUT2D eigenvalue weighted by Gasteiger charge is -2.27. The molecule has 4 heterocycles. The van der Waals surface area contributed by atoms with Gasteiger partial charge < -0.3 is 15.5 Å². The number of rotatable bonds is 2. The molecule has 0 spiro atoms. The van der Waals surface area contributed by atoms with E-state index in [1.165, 1.54) is 12.8 Å². The second kappa shape index (κ2) is 5.29. The predicted molar refractivity (Wildman–Crippen MR) is 83.8 cm³/mol. The molecule has 0 radical (unpaired) electrons. The largest absolute Gasteiger partial charge is 0.357 e. The molecule has 1 amide bonds. The van der Waals surface area contributed by atoms with Gasteiger partial charge in [0.2, 0.25) is 0 Å². The Labute approximate surface area is 128 Å². The highest BCUT2D eigenvalue weighted by Crippen LogP contribution is 2.25. The molecular formula is C16H17N5O. The molecule has 0 aromatic carbocycles. The van der Waals surface area contributed by atoms with Gasteiger partial charge in [-0.05, 0) is 37.1 Å². The van der Waals surface area contributed by atoms with E-state index in [1.54, 1.807) is 18.3 Å². The van der Waals surface area contributed by atoms with Crippen molar-refractivity contribution in [3.63, 3.8) is 0 Å². The summed E-state index contributed by atoms with van der Waals surface area (Å²) in [5, 5.41) is 6.17. The van der Waals surface area contributed by atoms with Gasteiger partial charge in [-0.15, -0.1) is 0 Å². The first-order valence-electron chi connectivity index (χ1n) is 7.54. The Bertz CT molecular complexity index is 694. The van der Waals surface area contributed by atoms with E-state index in [4.69, 9.17) is 0 Å². The summed E-state index contributed by atoms with van der Waals surface area (Å²) in [5.41, 5.74) is 1.49. The lowest BCUT2D eigenvalue weighted by molar-refractivity contribution is 0.0935. The van der Waals surface area contributed by atoms with Crippen LogP contribution in [0.3, 0.4) is 0 Å². The van der Waals surface area contributed by atoms with Gasteiger partial charge >= 0.3 is 0 Å². The van der Waals surface area contributed by atoms with Crippen molar-refractivity contribution < 1.29 is 4.79 Å². The molecule has 0 bridgehead atoms. The van der Waals surface area contributed by atoms with Crippen LogP contribution in [-0.4, -0.2) is 29.0 Å². The molecule has 1 atom stereocenters. The number of hydrogen-bond donors (Lipinski definition) is 2. The van der Waals surface area contributed by atoms with Crippen molar-refractivity contribution in [1.29, 1.82) is 0 Å². The maximum Gasteiger partial charge on any atom is 0.256 e. The first kappa shape index (κ1) is 13.1. The molecule has 0 unspecified atom stereocenters. The fourth-order valence-corrected chi connectivity index (χ4v) is 2.95. The Balaban J connectivity index is 1.56. The zero-order valence-electron chi connectivity index (χ0n) is 12.1. The Morgan fingerprint density at radius 3 is 2.73 bits per heavy atom. The smallest absolute Gasteiger partial charge is 0.256 e. The Kier molecular flexibility index (Phi) is 3.14. The second-order valence-electron chi connectivity index (χ2n) is 5.59. The molecular weight excluding hydrogens is 278 g/mol. The van der Waals surface area contributed by atoms with Crippen LogP contribution in [0, 0.1) is 0 Å². The van der Waals surface area contributed by atoms with E-state index in [1.807, 2.05) is 18.3 Å². The number of hydrogen-bond acceptors (Lipinski definition) is 5. The summed E-state index contributed by atoms with van der Waals surface area (Å²) in [4.78, 5) is 23.2. The van der Waals surface area contributed by atoms with Crippen molar-refractivity contribution in [3.8, 4) is 0 Å². The van der Waals surface area contributed by atoms with Gasteiger partial charge in [0.15, 0.2) is 0 Å². The van der Waals surface area contributed by atoms with Crippen LogP contribution in [-0.2, 0) is 0 Å². The van der Waals surface area contributed by atoms with Crippen LogP contribution in [0.5, 0.6) is 0 Å². The number of nitrogens with one attached hydrogen (secondary N) is 2. The molecule has 22 heavy (non-hydrogen) atoms. The van der Waals surface area contributed by atoms with Crippen molar-refractivity contribution in [2.45, 2.75) is 19.0 Å². The van der Waals surface area contributed by atoms with Crippen molar-refractivity contribution in [3.05, 3.63) is 47.8 Å². The van der Waals surface area contributed by atoms with Gasteiger partial charge in [-0.3, -0.25) is 4.79 Å². The minimum absolute atomic E-state index is 0.115. The molecule has 2 aliphatic heterocycles. The SMILES string of the molecule is O=C1N[C@H](c2ccc(N3CCCC3)nc2)Nc2ncccc21. The van der Waals surface area contributed by atoms with Crippen LogP contribution in [0.4, 0.5) is 11.6 Å². The van der Waals surface area contributed by atoms with E-state index in [-0.39, 0.29) is 12.1 Å². The normalized spacial score (nSPS) is 20.3. The van der Waals surface area contributed by atoms with E-state index in [0.717, 1.165) is 24.5 Å². The number of nitrogens with zero attached hydrogens (tertiary/aromatic N) is 3. The van der Waals surface area contributed by atoms with Gasteiger partial charge in [-0.2, -0.15) is 0 Å². The summed E-state index contributed by atoms with van der Waals surface area (Å²) in [6.45, 7) is 2.14. The van der Waals surface area contributed by atoms with Crippen LogP contribution in [0.1, 0.15) is 34.9 Å². The van der Waals surface area contributed by atoms with E-state index < -0.39 is 0 Å². The number of fused-ring (bicyclic) bond motifs is 1. The van der Waals surface area contributed by atoms with Crippen molar-refractivity contribution >= 4 is 17.5 Å². The minimum atomic E-state index is -0.296. The first-order chi connectivity index (χ1) is 10.8. The molecule has 6 heteroatoms. The number of pyridine rings is 2. The highest BCUT2D eigenvalue weighted by Gasteiger charge is 2.25. The fourth-order valence-electron chi connectivity index (χ4n) is 2.95. The van der Waals surface area contributed by atoms with Crippen molar-refractivity contribution in [1.82, 2.24) is 15.3 Å². The summed E-state index contributed by atoms with van der Waals surface area (Å²) in [7, 11) is 0. The first-order valence-corrected chi connectivity index (χ1v) is 7.54. The molecule has 2 N–H and O–H groups in total. The van der Waals surface area contributed by atoms with Crippen LogP contribution in [0.25, 0.3) is 0 Å². The standard InChI is InChI=1S/C16H17N5O/c22-16-12-4-3-7-17-15(12)19-14(20-16)11-5-6-13(18-10-11)21-8-1-2-9-21/h3-7,10,14H,1-2,8-9H2,(H,17,19)(H,20,22)/t14-/m1/s1. The number of aromatic nitrogens is 2. The quantitative estimate of drug-likeness (QED) is 0.886. The number of carbonyl (C=O) groups excluding carboxylic acids is 1. The zero-order chi connectivity index (χ0) is 14.9. The van der Waals surface area contributed by atoms with E-state index in [9.17, 15) is 4.79 Å². The zero-order valence-corrected chi connectivity index (χ0v) is 12.1. The maximum atomic E-state index is 12.1. The number of amides is 1. The van der Waals surface area contributed by atoms with Crippen molar-refractivity contribution in [2.24, 2.45) is 0 Å². The molecule has 2 aromatic rings. The van der Waals surface area contributed by atoms with Gasteiger partial charge in [-0.1, -0.05) is 0 Å². The topological polar surface area (TPSA) is 70.2 Å². The Morgan fingerprint density at radius 1 is 1.09 bits per heavy atom. The Hall–Kier alpha value is -2.63. The lowest BCUT2D eigenvalue weighted by atomic mass is 10.1. The average molecular weight is 295 g/mol. The fraction of sp³-hybridized carbons (Fsp3) is 0.312. The third-order valence-corrected chi connectivity index (χ3v) is 4.14. The molecule has 0 aliphatic carbocycles. The van der Waals surface area contributed by atoms with Gasteiger partial charge in [0.05, 0.1) is 5.56 Å². The van der Waals surface area contributed by atoms with Crippen LogP contribution in [0.15, 0.2) is 36.7 Å². The lowest BCUT2D eigenvalue weighted by Crippen LogP contribution is -2.38. The minimum Gasteiger partial charge on any atom is -0.357 e. The maximum absolute atomic E-state index is 12.1. The average Bonchev–Trinajstić information content (AvgIpc) is 3.09. The van der Waals surface area contributed by atoms with Crippen LogP contribution >= 0.6 is 0 Å². The highest BCUT2D eigenvalue weighted by atomic mass is 16.2. The van der Waals surface area contributed by atoms with E-state index in [0.29, 0.717) is 11.4 Å². The molecule has 6 nitrogen and oxygen atoms in total. The molecule has 2 aromatic heterocycles. The van der Waals surface area contributed by atoms with E-state index in [2.05, 4.69) is 25.5 Å². The van der Waals surface area contributed by atoms with Gasteiger partial charge in [0.1, 0.15) is 17.8 Å². The summed E-state index contributed by atoms with van der Waals surface area (Å²) < 4.78 is 0. The molecule has 0 saturated carbocycles. The van der Waals surface area contributed by atoms with E-state index >= 15 is 0 Å². The molecule has 1 saturated heterocycles. The van der Waals surface area contributed by atoms with Gasteiger partial charge in [-0.25, -0.2) is 9.97 Å². The number of carbonyl (C=O) groups is 1. The summed E-state index contributed by atoms with van der Waals surface area (Å²) in [6, 6.07) is 7.54. The molecule has 112 valence electrons. The van der Waals surface area contributed by atoms with Crippen LogP contribution < -0.4 is 15.5 Å². The number of anilines is 2. The van der Waals surface area contributed by atoms with Gasteiger partial charge in [0.25, 0.3) is 5.91 Å². The third-order valence-electron chi connectivity index (χ3n) is 4.14. The van der Waals surface area contributed by atoms with Gasteiger partial charge in [0, 0.05) is 31.0 Å². The molecule has 2 aliphatic rings. The molecule has 4 rings (SSSR count). The predicted octanol–water partition coefficient (Wildman–Crippen LogP) is 1.93. The molecule has 1 fully saturated rings. The van der Waals surface area contributed by atoms with Crippen molar-refractivity contribution in [2.75, 3.05) is 23.3 Å². The second-order valence-corrected chi connectivity index (χ2v) is 5.59. The summed E-state index contributed by atoms with van der Waals surface area (Å²) in [5.74, 6) is 1.50. The summed E-state index contributed by atoms with van der Waals surface area (Å²) >= 11 is 0. The summed E-state index contributed by atoms with van der Waals surface area (Å²) in [6.07, 6.45) is 5.66. The third kappa shape index (κ3) is 2.26.